The number of benzene rings is 1. The first-order valence-electron chi connectivity index (χ1n) is 9.79. The topological polar surface area (TPSA) is 100 Å². The van der Waals surface area contributed by atoms with Crippen LogP contribution in [0.5, 0.6) is 0 Å². The van der Waals surface area contributed by atoms with Crippen LogP contribution < -0.4 is 0 Å². The van der Waals surface area contributed by atoms with Gasteiger partial charge in [0, 0.05) is 26.2 Å². The van der Waals surface area contributed by atoms with Crippen LogP contribution in [0.2, 0.25) is 0 Å². The summed E-state index contributed by atoms with van der Waals surface area (Å²) in [6, 6.07) is 12.0. The third kappa shape index (κ3) is 5.29. The molecular formula is C20H27N7O2. The summed E-state index contributed by atoms with van der Waals surface area (Å²) in [6.07, 6.45) is 0.0543. The van der Waals surface area contributed by atoms with E-state index in [-0.39, 0.29) is 12.1 Å². The number of aryl methyl sites for hydroxylation is 1. The van der Waals surface area contributed by atoms with E-state index < -0.39 is 5.60 Å². The second kappa shape index (κ2) is 9.01. The molecule has 1 atom stereocenters. The van der Waals surface area contributed by atoms with E-state index in [1.54, 1.807) is 9.58 Å². The molecule has 0 bridgehead atoms. The van der Waals surface area contributed by atoms with Gasteiger partial charge in [-0.1, -0.05) is 30.3 Å². The molecule has 0 aliphatic carbocycles. The fourth-order valence-electron chi connectivity index (χ4n) is 3.37. The highest BCUT2D eigenvalue weighted by atomic mass is 16.6. The van der Waals surface area contributed by atoms with E-state index in [0.717, 1.165) is 5.56 Å². The van der Waals surface area contributed by atoms with Gasteiger partial charge >= 0.3 is 6.09 Å². The number of hydrogen-bond acceptors (Lipinski definition) is 7. The molecule has 2 heterocycles. The number of carbonyl (C=O) groups is 1. The van der Waals surface area contributed by atoms with Crippen molar-refractivity contribution >= 4 is 6.09 Å². The fraction of sp³-hybridized carbons (Fsp3) is 0.550. The smallest absolute Gasteiger partial charge is 0.410 e. The Morgan fingerprint density at radius 3 is 2.52 bits per heavy atom. The van der Waals surface area contributed by atoms with Gasteiger partial charge in [-0.05, 0) is 36.8 Å². The molecule has 1 unspecified atom stereocenters. The number of amides is 1. The lowest BCUT2D eigenvalue weighted by molar-refractivity contribution is 0.0114. The summed E-state index contributed by atoms with van der Waals surface area (Å²) in [5.41, 5.74) is 0.565. The van der Waals surface area contributed by atoms with Gasteiger partial charge in [0.1, 0.15) is 5.60 Å². The molecule has 1 aromatic carbocycles. The maximum Gasteiger partial charge on any atom is 0.410 e. The molecule has 0 radical (unpaired) electrons. The van der Waals surface area contributed by atoms with Crippen LogP contribution in [0.15, 0.2) is 30.3 Å². The van der Waals surface area contributed by atoms with Gasteiger partial charge in [-0.3, -0.25) is 4.90 Å². The highest BCUT2D eigenvalue weighted by molar-refractivity contribution is 5.68. The molecule has 1 aliphatic heterocycles. The Bertz CT molecular complexity index is 846. The number of nitrogens with zero attached hydrogens (tertiary/aromatic N) is 7. The van der Waals surface area contributed by atoms with Gasteiger partial charge in [-0.25, -0.2) is 9.48 Å². The second-order valence-corrected chi connectivity index (χ2v) is 7.98. The van der Waals surface area contributed by atoms with Crippen molar-refractivity contribution in [3.8, 4) is 6.07 Å². The first kappa shape index (κ1) is 20.7. The van der Waals surface area contributed by atoms with Crippen LogP contribution in [0.4, 0.5) is 4.79 Å². The van der Waals surface area contributed by atoms with Gasteiger partial charge in [-0.15, -0.1) is 5.10 Å². The molecule has 29 heavy (non-hydrogen) atoms. The average molecular weight is 397 g/mol. The van der Waals surface area contributed by atoms with E-state index in [1.807, 2.05) is 51.1 Å². The molecule has 2 aromatic rings. The van der Waals surface area contributed by atoms with Crippen LogP contribution in [-0.4, -0.2) is 67.9 Å². The van der Waals surface area contributed by atoms with Crippen LogP contribution in [0.1, 0.15) is 44.6 Å². The quantitative estimate of drug-likeness (QED) is 0.762. The summed E-state index contributed by atoms with van der Waals surface area (Å²) >= 11 is 0. The zero-order valence-corrected chi connectivity index (χ0v) is 17.2. The Morgan fingerprint density at radius 1 is 1.21 bits per heavy atom. The van der Waals surface area contributed by atoms with Crippen LogP contribution in [0.3, 0.4) is 0 Å². The van der Waals surface area contributed by atoms with Crippen LogP contribution >= 0.6 is 0 Å². The Balaban J connectivity index is 1.78. The number of carbonyl (C=O) groups excluding carboxylic acids is 1. The molecule has 1 saturated heterocycles. The van der Waals surface area contributed by atoms with E-state index in [4.69, 9.17) is 10.00 Å². The summed E-state index contributed by atoms with van der Waals surface area (Å²) < 4.78 is 7.19. The minimum atomic E-state index is -0.510. The lowest BCUT2D eigenvalue weighted by Gasteiger charge is -2.39. The minimum absolute atomic E-state index is 0.148. The van der Waals surface area contributed by atoms with Crippen molar-refractivity contribution in [1.82, 2.24) is 30.0 Å². The number of rotatable bonds is 5. The molecule has 1 fully saturated rings. The van der Waals surface area contributed by atoms with Crippen LogP contribution in [0.25, 0.3) is 0 Å². The third-order valence-electron chi connectivity index (χ3n) is 4.69. The van der Waals surface area contributed by atoms with Crippen LogP contribution in [-0.2, 0) is 11.3 Å². The van der Waals surface area contributed by atoms with Gasteiger partial charge in [0.05, 0.1) is 25.1 Å². The van der Waals surface area contributed by atoms with Gasteiger partial charge in [0.2, 0.25) is 0 Å². The zero-order chi connectivity index (χ0) is 20.9. The molecular weight excluding hydrogens is 370 g/mol. The van der Waals surface area contributed by atoms with Crippen LogP contribution in [0, 0.1) is 11.3 Å². The number of piperazine rings is 1. The number of nitriles is 1. The second-order valence-electron chi connectivity index (χ2n) is 7.98. The van der Waals surface area contributed by atoms with E-state index in [1.165, 1.54) is 0 Å². The number of aromatic nitrogens is 4. The van der Waals surface area contributed by atoms with Crippen molar-refractivity contribution in [2.75, 3.05) is 26.2 Å². The fourth-order valence-corrected chi connectivity index (χ4v) is 3.37. The summed E-state index contributed by atoms with van der Waals surface area (Å²) in [4.78, 5) is 16.4. The first-order valence-corrected chi connectivity index (χ1v) is 9.79. The summed E-state index contributed by atoms with van der Waals surface area (Å²) in [5.74, 6) is 0.706. The third-order valence-corrected chi connectivity index (χ3v) is 4.69. The Hall–Kier alpha value is -2.99. The largest absolute Gasteiger partial charge is 0.444 e. The van der Waals surface area contributed by atoms with Crippen molar-refractivity contribution in [3.05, 3.63) is 41.7 Å². The number of ether oxygens (including phenoxy) is 1. The zero-order valence-electron chi connectivity index (χ0n) is 17.2. The van der Waals surface area contributed by atoms with E-state index in [2.05, 4.69) is 26.5 Å². The lowest BCUT2D eigenvalue weighted by Crippen LogP contribution is -2.51. The van der Waals surface area contributed by atoms with Gasteiger partial charge < -0.3 is 9.64 Å². The Morgan fingerprint density at radius 2 is 1.90 bits per heavy atom. The van der Waals surface area contributed by atoms with E-state index in [0.29, 0.717) is 45.0 Å². The number of tetrazole rings is 1. The molecule has 3 rings (SSSR count). The maximum absolute atomic E-state index is 12.4. The van der Waals surface area contributed by atoms with Crippen molar-refractivity contribution in [3.63, 3.8) is 0 Å². The summed E-state index contributed by atoms with van der Waals surface area (Å²) in [5, 5.41) is 21.1. The molecule has 1 aromatic heterocycles. The SMILES string of the molecule is CC(C)(C)OC(=O)N1CCN(C(c2ccccc2)c2nnnn2CCC#N)CC1. The molecule has 0 spiro atoms. The standard InChI is InChI=1S/C20H27N7O2/c1-20(2,3)29-19(28)26-14-12-25(13-15-26)17(16-8-5-4-6-9-16)18-22-23-24-27(18)11-7-10-21/h4-6,8-9,17H,7,11-15H2,1-3H3. The van der Waals surface area contributed by atoms with Crippen molar-refractivity contribution in [2.45, 2.75) is 45.4 Å². The monoisotopic (exact) mass is 397 g/mol. The Kier molecular flexibility index (Phi) is 6.44. The van der Waals surface area contributed by atoms with Gasteiger partial charge in [0.25, 0.3) is 0 Å². The predicted molar refractivity (Wildman–Crippen MR) is 106 cm³/mol. The van der Waals surface area contributed by atoms with Crippen molar-refractivity contribution in [1.29, 1.82) is 5.26 Å². The molecule has 1 amide bonds. The Labute approximate surface area is 170 Å². The summed E-state index contributed by atoms with van der Waals surface area (Å²) in [7, 11) is 0. The van der Waals surface area contributed by atoms with Gasteiger partial charge in [0.15, 0.2) is 5.82 Å². The van der Waals surface area contributed by atoms with Gasteiger partial charge in [-0.2, -0.15) is 5.26 Å². The average Bonchev–Trinajstić information content (AvgIpc) is 3.14. The van der Waals surface area contributed by atoms with Crippen molar-refractivity contribution < 1.29 is 9.53 Å². The van der Waals surface area contributed by atoms with E-state index in [9.17, 15) is 4.79 Å². The molecule has 1 aliphatic rings. The van der Waals surface area contributed by atoms with Crippen molar-refractivity contribution in [2.24, 2.45) is 0 Å². The highest BCUT2D eigenvalue weighted by Gasteiger charge is 2.32. The molecule has 9 nitrogen and oxygen atoms in total. The molecule has 0 N–H and O–H groups in total. The normalized spacial score (nSPS) is 16.3. The maximum atomic E-state index is 12.4. The minimum Gasteiger partial charge on any atom is -0.444 e. The van der Waals surface area contributed by atoms with E-state index >= 15 is 0 Å². The molecule has 9 heteroatoms. The molecule has 154 valence electrons. The first-order chi connectivity index (χ1) is 13.9. The predicted octanol–water partition coefficient (Wildman–Crippen LogP) is 2.23. The number of hydrogen-bond donors (Lipinski definition) is 0. The summed E-state index contributed by atoms with van der Waals surface area (Å²) in [6.45, 7) is 8.53. The highest BCUT2D eigenvalue weighted by Crippen LogP contribution is 2.28. The lowest BCUT2D eigenvalue weighted by atomic mass is 10.0. The molecule has 0 saturated carbocycles.